The quantitative estimate of drug-likeness (QED) is 0.572. The summed E-state index contributed by atoms with van der Waals surface area (Å²) in [6, 6.07) is 15.3. The van der Waals surface area contributed by atoms with E-state index >= 15 is 0 Å². The zero-order chi connectivity index (χ0) is 23.5. The Morgan fingerprint density at radius 2 is 1.88 bits per heavy atom. The largest absolute Gasteiger partial charge is 0.325 e. The number of nitrogens with zero attached hydrogens (tertiary/aromatic N) is 4. The Morgan fingerprint density at radius 3 is 2.58 bits per heavy atom. The van der Waals surface area contributed by atoms with Crippen LogP contribution in [0.4, 0.5) is 11.4 Å². The van der Waals surface area contributed by atoms with Gasteiger partial charge in [0.25, 0.3) is 5.91 Å². The van der Waals surface area contributed by atoms with Gasteiger partial charge in [-0.15, -0.1) is 0 Å². The predicted octanol–water partition coefficient (Wildman–Crippen LogP) is 4.46. The molecule has 2 heterocycles. The van der Waals surface area contributed by atoms with Gasteiger partial charge in [-0.1, -0.05) is 42.1 Å². The molecule has 3 aromatic rings. The molecule has 0 saturated heterocycles. The molecule has 0 fully saturated rings. The third-order valence-electron chi connectivity index (χ3n) is 5.19. The summed E-state index contributed by atoms with van der Waals surface area (Å²) in [6.07, 6.45) is 3.59. The van der Waals surface area contributed by atoms with Gasteiger partial charge in [-0.05, 0) is 56.2 Å². The van der Waals surface area contributed by atoms with E-state index in [9.17, 15) is 9.59 Å². The summed E-state index contributed by atoms with van der Waals surface area (Å²) in [7, 11) is 1.83. The monoisotopic (exact) mass is 459 g/mol. The second-order valence-corrected chi connectivity index (χ2v) is 8.84. The normalized spacial score (nSPS) is 14.7. The summed E-state index contributed by atoms with van der Waals surface area (Å²) in [5, 5.41) is 7.75. The van der Waals surface area contributed by atoms with Gasteiger partial charge in [-0.25, -0.2) is 4.99 Å². The molecule has 0 radical (unpaired) electrons. The summed E-state index contributed by atoms with van der Waals surface area (Å²) in [6.45, 7) is 5.83. The van der Waals surface area contributed by atoms with Crippen LogP contribution in [0, 0.1) is 20.8 Å². The first-order valence-corrected chi connectivity index (χ1v) is 11.5. The van der Waals surface area contributed by atoms with Crippen LogP contribution in [-0.4, -0.2) is 32.5 Å². The van der Waals surface area contributed by atoms with Crippen molar-refractivity contribution >= 4 is 46.2 Å². The van der Waals surface area contributed by atoms with E-state index in [0.717, 1.165) is 28.1 Å². The average Bonchev–Trinajstić information content (AvgIpc) is 3.27. The Labute approximate surface area is 197 Å². The molecule has 0 spiro atoms. The molecule has 0 unspecified atom stereocenters. The number of amides is 2. The minimum atomic E-state index is -0.234. The number of amidine groups is 1. The maximum absolute atomic E-state index is 13.3. The molecule has 168 valence electrons. The second kappa shape index (κ2) is 9.46. The molecule has 4 rings (SSSR count). The van der Waals surface area contributed by atoms with Crippen LogP contribution < -0.4 is 10.2 Å². The van der Waals surface area contributed by atoms with Crippen LogP contribution >= 0.6 is 11.8 Å². The lowest BCUT2D eigenvalue weighted by Crippen LogP contribution is -2.31. The van der Waals surface area contributed by atoms with E-state index in [1.54, 1.807) is 15.7 Å². The van der Waals surface area contributed by atoms with Crippen LogP contribution in [-0.2, 0) is 16.6 Å². The summed E-state index contributed by atoms with van der Waals surface area (Å²) in [5.41, 5.74) is 5.52. The van der Waals surface area contributed by atoms with Crippen molar-refractivity contribution < 1.29 is 9.59 Å². The van der Waals surface area contributed by atoms with Crippen molar-refractivity contribution in [1.82, 2.24) is 9.78 Å². The lowest BCUT2D eigenvalue weighted by atomic mass is 10.1. The zero-order valence-electron chi connectivity index (χ0n) is 19.0. The van der Waals surface area contributed by atoms with Crippen LogP contribution in [0.3, 0.4) is 0 Å². The maximum Gasteiger partial charge on any atom is 0.283 e. The fraction of sp³-hybridized carbons (Fsp3) is 0.200. The van der Waals surface area contributed by atoms with Crippen LogP contribution in [0.2, 0.25) is 0 Å². The van der Waals surface area contributed by atoms with Crippen molar-refractivity contribution in [1.29, 1.82) is 0 Å². The highest BCUT2D eigenvalue weighted by molar-refractivity contribution is 8.14. The predicted molar refractivity (Wildman–Crippen MR) is 134 cm³/mol. The molecule has 0 bridgehead atoms. The molecule has 1 aliphatic heterocycles. The highest BCUT2D eigenvalue weighted by Crippen LogP contribution is 2.29. The minimum Gasteiger partial charge on any atom is -0.325 e. The maximum atomic E-state index is 13.3. The number of aryl methyl sites for hydroxylation is 4. The SMILES string of the molecule is Cc1ccc(C)c(NC(=O)CSC2=NC(=Cc3cn(C)nc3C)C(=O)N2c2ccccc2)c1. The number of rotatable bonds is 5. The first kappa shape index (κ1) is 22.5. The summed E-state index contributed by atoms with van der Waals surface area (Å²) in [4.78, 5) is 32.1. The topological polar surface area (TPSA) is 79.6 Å². The number of benzene rings is 2. The van der Waals surface area contributed by atoms with E-state index in [4.69, 9.17) is 0 Å². The number of hydrogen-bond donors (Lipinski definition) is 1. The molecular formula is C25H25N5O2S. The smallest absolute Gasteiger partial charge is 0.283 e. The molecule has 0 saturated carbocycles. The molecular weight excluding hydrogens is 434 g/mol. The molecule has 0 atom stereocenters. The Balaban J connectivity index is 1.57. The Hall–Kier alpha value is -3.65. The van der Waals surface area contributed by atoms with Gasteiger partial charge in [0, 0.05) is 24.5 Å². The molecule has 7 nitrogen and oxygen atoms in total. The molecule has 0 aliphatic carbocycles. The van der Waals surface area contributed by atoms with Crippen LogP contribution in [0.25, 0.3) is 6.08 Å². The van der Waals surface area contributed by atoms with Crippen molar-refractivity contribution in [2.45, 2.75) is 20.8 Å². The van der Waals surface area contributed by atoms with Gasteiger partial charge in [-0.2, -0.15) is 5.10 Å². The van der Waals surface area contributed by atoms with Crippen LogP contribution in [0.1, 0.15) is 22.4 Å². The van der Waals surface area contributed by atoms with Gasteiger partial charge in [0.15, 0.2) is 5.17 Å². The molecule has 8 heteroatoms. The number of aliphatic imine (C=N–C) groups is 1. The van der Waals surface area contributed by atoms with E-state index in [0.29, 0.717) is 16.6 Å². The first-order valence-electron chi connectivity index (χ1n) is 10.5. The van der Waals surface area contributed by atoms with Crippen LogP contribution in [0.15, 0.2) is 65.4 Å². The van der Waals surface area contributed by atoms with E-state index in [1.807, 2.05) is 82.5 Å². The second-order valence-electron chi connectivity index (χ2n) is 7.90. The van der Waals surface area contributed by atoms with Crippen molar-refractivity contribution in [3.63, 3.8) is 0 Å². The van der Waals surface area contributed by atoms with Gasteiger partial charge in [-0.3, -0.25) is 19.2 Å². The van der Waals surface area contributed by atoms with E-state index < -0.39 is 0 Å². The van der Waals surface area contributed by atoms with Crippen molar-refractivity contribution in [3.8, 4) is 0 Å². The van der Waals surface area contributed by atoms with Gasteiger partial charge in [0.1, 0.15) is 5.70 Å². The lowest BCUT2D eigenvalue weighted by molar-refractivity contribution is -0.114. The number of anilines is 2. The third kappa shape index (κ3) is 5.06. The van der Waals surface area contributed by atoms with Crippen molar-refractivity contribution in [2.24, 2.45) is 12.0 Å². The zero-order valence-corrected chi connectivity index (χ0v) is 19.8. The van der Waals surface area contributed by atoms with Crippen molar-refractivity contribution in [3.05, 3.63) is 82.8 Å². The van der Waals surface area contributed by atoms with Gasteiger partial charge >= 0.3 is 0 Å². The average molecular weight is 460 g/mol. The third-order valence-corrected chi connectivity index (χ3v) is 6.13. The molecule has 2 amide bonds. The number of carbonyl (C=O) groups excluding carboxylic acids is 2. The highest BCUT2D eigenvalue weighted by atomic mass is 32.2. The summed E-state index contributed by atoms with van der Waals surface area (Å²) >= 11 is 1.23. The Kier molecular flexibility index (Phi) is 6.46. The number of aromatic nitrogens is 2. The van der Waals surface area contributed by atoms with E-state index in [1.165, 1.54) is 11.8 Å². The van der Waals surface area contributed by atoms with Gasteiger partial charge in [0.2, 0.25) is 5.91 Å². The minimum absolute atomic E-state index is 0.127. The first-order chi connectivity index (χ1) is 15.8. The number of nitrogens with one attached hydrogen (secondary N) is 1. The van der Waals surface area contributed by atoms with E-state index in [-0.39, 0.29) is 17.6 Å². The lowest BCUT2D eigenvalue weighted by Gasteiger charge is -2.17. The van der Waals surface area contributed by atoms with Gasteiger partial charge < -0.3 is 5.32 Å². The van der Waals surface area contributed by atoms with Crippen LogP contribution in [0.5, 0.6) is 0 Å². The number of carbonyl (C=O) groups is 2. The molecule has 2 aromatic carbocycles. The molecule has 1 aromatic heterocycles. The van der Waals surface area contributed by atoms with Gasteiger partial charge in [0.05, 0.1) is 17.1 Å². The standard InChI is InChI=1S/C25H25N5O2S/c1-16-10-11-17(2)21(12-16)26-23(31)15-33-25-27-22(13-19-14-29(4)28-18(19)3)24(32)30(25)20-8-6-5-7-9-20/h5-14H,15H2,1-4H3,(H,26,31). The fourth-order valence-electron chi connectivity index (χ4n) is 3.49. The fourth-order valence-corrected chi connectivity index (χ4v) is 4.30. The molecule has 1 aliphatic rings. The van der Waals surface area contributed by atoms with E-state index in [2.05, 4.69) is 15.4 Å². The number of para-hydroxylation sites is 1. The Morgan fingerprint density at radius 1 is 1.12 bits per heavy atom. The molecule has 33 heavy (non-hydrogen) atoms. The highest BCUT2D eigenvalue weighted by Gasteiger charge is 2.32. The summed E-state index contributed by atoms with van der Waals surface area (Å²) < 4.78 is 1.70. The molecule has 1 N–H and O–H groups in total. The Bertz CT molecular complexity index is 1280. The number of hydrogen-bond acceptors (Lipinski definition) is 5. The summed E-state index contributed by atoms with van der Waals surface area (Å²) in [5.74, 6) is -0.263. The number of thioether (sulfide) groups is 1. The van der Waals surface area contributed by atoms with Crippen molar-refractivity contribution in [2.75, 3.05) is 16.0 Å².